The van der Waals surface area contributed by atoms with E-state index in [1.54, 1.807) is 17.0 Å². The minimum Gasteiger partial charge on any atom is -0.308 e. The van der Waals surface area contributed by atoms with Crippen LogP contribution in [0.4, 0.5) is 5.69 Å². The highest BCUT2D eigenvalue weighted by atomic mass is 32.2. The summed E-state index contributed by atoms with van der Waals surface area (Å²) in [6.45, 7) is 6.45. The Labute approximate surface area is 137 Å². The molecule has 0 spiro atoms. The third kappa shape index (κ3) is 3.79. The van der Waals surface area contributed by atoms with Crippen LogP contribution in [-0.4, -0.2) is 27.1 Å². The first kappa shape index (κ1) is 17.2. The number of hydrogen-bond donors (Lipinski definition) is 0. The third-order valence-corrected chi connectivity index (χ3v) is 4.86. The number of hydrogen-bond acceptors (Lipinski definition) is 3. The van der Waals surface area contributed by atoms with Crippen molar-refractivity contribution in [2.24, 2.45) is 0 Å². The molecule has 2 aromatic rings. The monoisotopic (exact) mass is 331 g/mol. The van der Waals surface area contributed by atoms with Gasteiger partial charge in [-0.15, -0.1) is 0 Å². The first-order chi connectivity index (χ1) is 10.7. The second-order valence-electron chi connectivity index (χ2n) is 5.64. The topological polar surface area (TPSA) is 54.5 Å². The Morgan fingerprint density at radius 3 is 2.13 bits per heavy atom. The van der Waals surface area contributed by atoms with Crippen LogP contribution in [0.15, 0.2) is 47.4 Å². The number of rotatable bonds is 4. The molecule has 0 saturated carbocycles. The largest absolute Gasteiger partial charge is 0.308 e. The number of carbonyl (C=O) groups is 1. The van der Waals surface area contributed by atoms with Crippen LogP contribution in [0.1, 0.15) is 28.4 Å². The first-order valence-corrected chi connectivity index (χ1v) is 9.32. The lowest BCUT2D eigenvalue weighted by atomic mass is 10.1. The van der Waals surface area contributed by atoms with Gasteiger partial charge in [-0.05, 0) is 56.7 Å². The SMILES string of the molecule is CCN(C(=O)c1ccc(S(C)(=O)=O)cc1)c1ccc(C)cc1C. The quantitative estimate of drug-likeness (QED) is 0.863. The van der Waals surface area contributed by atoms with Gasteiger partial charge in [0.15, 0.2) is 9.84 Å². The second-order valence-corrected chi connectivity index (χ2v) is 7.65. The first-order valence-electron chi connectivity index (χ1n) is 7.43. The molecule has 0 bridgehead atoms. The van der Waals surface area contributed by atoms with Crippen LogP contribution in [-0.2, 0) is 9.84 Å². The van der Waals surface area contributed by atoms with Crippen LogP contribution in [0.5, 0.6) is 0 Å². The number of sulfone groups is 1. The Hall–Kier alpha value is -2.14. The number of amides is 1. The van der Waals surface area contributed by atoms with Crippen LogP contribution >= 0.6 is 0 Å². The molecule has 23 heavy (non-hydrogen) atoms. The summed E-state index contributed by atoms with van der Waals surface area (Å²) < 4.78 is 23.0. The van der Waals surface area contributed by atoms with Gasteiger partial charge in [0.2, 0.25) is 0 Å². The van der Waals surface area contributed by atoms with E-state index in [2.05, 4.69) is 0 Å². The third-order valence-electron chi connectivity index (χ3n) is 3.73. The normalized spacial score (nSPS) is 11.3. The van der Waals surface area contributed by atoms with Crippen LogP contribution < -0.4 is 4.90 Å². The smallest absolute Gasteiger partial charge is 0.258 e. The molecule has 0 aromatic heterocycles. The fourth-order valence-corrected chi connectivity index (χ4v) is 3.16. The summed E-state index contributed by atoms with van der Waals surface area (Å²) in [5.74, 6) is -0.139. The van der Waals surface area contributed by atoms with Crippen molar-refractivity contribution in [2.45, 2.75) is 25.7 Å². The fourth-order valence-electron chi connectivity index (χ4n) is 2.53. The molecule has 0 aliphatic carbocycles. The van der Waals surface area contributed by atoms with Gasteiger partial charge in [-0.3, -0.25) is 4.79 Å². The highest BCUT2D eigenvalue weighted by molar-refractivity contribution is 7.90. The predicted octanol–water partition coefficient (Wildman–Crippen LogP) is 3.37. The Balaban J connectivity index is 2.37. The molecule has 5 heteroatoms. The lowest BCUT2D eigenvalue weighted by Gasteiger charge is -2.23. The maximum atomic E-state index is 12.8. The summed E-state index contributed by atoms with van der Waals surface area (Å²) in [6.07, 6.45) is 1.15. The second kappa shape index (κ2) is 6.54. The van der Waals surface area contributed by atoms with Crippen LogP contribution in [0.3, 0.4) is 0 Å². The van der Waals surface area contributed by atoms with Gasteiger partial charge >= 0.3 is 0 Å². The molecule has 2 rings (SSSR count). The van der Waals surface area contributed by atoms with E-state index < -0.39 is 9.84 Å². The minimum atomic E-state index is -3.26. The molecule has 0 heterocycles. The summed E-state index contributed by atoms with van der Waals surface area (Å²) in [6, 6.07) is 12.0. The molecule has 0 fully saturated rings. The van der Waals surface area contributed by atoms with E-state index in [0.29, 0.717) is 12.1 Å². The maximum absolute atomic E-state index is 12.8. The van der Waals surface area contributed by atoms with Gasteiger partial charge < -0.3 is 4.90 Å². The molecule has 0 radical (unpaired) electrons. The van der Waals surface area contributed by atoms with Crippen LogP contribution in [0, 0.1) is 13.8 Å². The summed E-state index contributed by atoms with van der Waals surface area (Å²) in [5, 5.41) is 0. The van der Waals surface area contributed by atoms with Gasteiger partial charge in [-0.25, -0.2) is 8.42 Å². The zero-order chi connectivity index (χ0) is 17.2. The highest BCUT2D eigenvalue weighted by Gasteiger charge is 2.18. The van der Waals surface area contributed by atoms with Gasteiger partial charge in [0, 0.05) is 24.1 Å². The van der Waals surface area contributed by atoms with Crippen molar-refractivity contribution >= 4 is 21.4 Å². The van der Waals surface area contributed by atoms with E-state index in [0.717, 1.165) is 23.1 Å². The zero-order valence-corrected chi connectivity index (χ0v) is 14.6. The number of carbonyl (C=O) groups excluding carboxylic acids is 1. The lowest BCUT2D eigenvalue weighted by Crippen LogP contribution is -2.31. The van der Waals surface area contributed by atoms with E-state index in [1.165, 1.54) is 12.1 Å². The van der Waals surface area contributed by atoms with E-state index in [4.69, 9.17) is 0 Å². The molecule has 0 saturated heterocycles. The maximum Gasteiger partial charge on any atom is 0.258 e. The highest BCUT2D eigenvalue weighted by Crippen LogP contribution is 2.23. The van der Waals surface area contributed by atoms with Crippen molar-refractivity contribution in [2.75, 3.05) is 17.7 Å². The summed E-state index contributed by atoms with van der Waals surface area (Å²) >= 11 is 0. The van der Waals surface area contributed by atoms with Crippen molar-refractivity contribution < 1.29 is 13.2 Å². The van der Waals surface area contributed by atoms with Gasteiger partial charge in [-0.2, -0.15) is 0 Å². The fraction of sp³-hybridized carbons (Fsp3) is 0.278. The summed E-state index contributed by atoms with van der Waals surface area (Å²) in [7, 11) is -3.26. The van der Waals surface area contributed by atoms with E-state index in [1.807, 2.05) is 39.0 Å². The number of benzene rings is 2. The molecular formula is C18H21NO3S. The van der Waals surface area contributed by atoms with Crippen LogP contribution in [0.2, 0.25) is 0 Å². The molecular weight excluding hydrogens is 310 g/mol. The zero-order valence-electron chi connectivity index (χ0n) is 13.8. The predicted molar refractivity (Wildman–Crippen MR) is 92.8 cm³/mol. The van der Waals surface area contributed by atoms with E-state index >= 15 is 0 Å². The Bertz CT molecular complexity index is 824. The molecule has 2 aromatic carbocycles. The van der Waals surface area contributed by atoms with Crippen molar-refractivity contribution in [3.8, 4) is 0 Å². The van der Waals surface area contributed by atoms with Crippen molar-refractivity contribution in [1.29, 1.82) is 0 Å². The summed E-state index contributed by atoms with van der Waals surface area (Å²) in [5.41, 5.74) is 3.52. The van der Waals surface area contributed by atoms with Crippen molar-refractivity contribution in [3.63, 3.8) is 0 Å². The average Bonchev–Trinajstić information content (AvgIpc) is 2.49. The van der Waals surface area contributed by atoms with Crippen molar-refractivity contribution in [3.05, 3.63) is 59.2 Å². The molecule has 0 atom stereocenters. The molecule has 122 valence electrons. The summed E-state index contributed by atoms with van der Waals surface area (Å²) in [4.78, 5) is 14.7. The standard InChI is InChI=1S/C18H21NO3S/c1-5-19(17-11-6-13(2)12-14(17)3)18(20)15-7-9-16(10-8-15)23(4,21)22/h6-12H,5H2,1-4H3. The number of anilines is 1. The van der Waals surface area contributed by atoms with Gasteiger partial charge in [-0.1, -0.05) is 17.7 Å². The molecule has 0 unspecified atom stereocenters. The molecule has 0 N–H and O–H groups in total. The minimum absolute atomic E-state index is 0.139. The molecule has 4 nitrogen and oxygen atoms in total. The Morgan fingerprint density at radius 2 is 1.65 bits per heavy atom. The number of aryl methyl sites for hydroxylation is 2. The average molecular weight is 331 g/mol. The van der Waals surface area contributed by atoms with E-state index in [9.17, 15) is 13.2 Å². The molecule has 1 amide bonds. The van der Waals surface area contributed by atoms with Gasteiger partial charge in [0.25, 0.3) is 5.91 Å². The van der Waals surface area contributed by atoms with Gasteiger partial charge in [0.1, 0.15) is 0 Å². The molecule has 0 aliphatic heterocycles. The molecule has 0 aliphatic rings. The van der Waals surface area contributed by atoms with Crippen LogP contribution in [0.25, 0.3) is 0 Å². The Morgan fingerprint density at radius 1 is 1.04 bits per heavy atom. The van der Waals surface area contributed by atoms with Crippen molar-refractivity contribution in [1.82, 2.24) is 0 Å². The van der Waals surface area contributed by atoms with E-state index in [-0.39, 0.29) is 10.8 Å². The Kier molecular flexibility index (Phi) is 4.90. The lowest BCUT2D eigenvalue weighted by molar-refractivity contribution is 0.0988. The number of nitrogens with zero attached hydrogens (tertiary/aromatic N) is 1. The van der Waals surface area contributed by atoms with Gasteiger partial charge in [0.05, 0.1) is 4.90 Å².